The monoisotopic (exact) mass is 293 g/mol. The normalized spacial score (nSPS) is 12.0. The summed E-state index contributed by atoms with van der Waals surface area (Å²) in [7, 11) is 0. The first-order valence-corrected chi connectivity index (χ1v) is 7.65. The molecule has 0 spiro atoms. The summed E-state index contributed by atoms with van der Waals surface area (Å²) in [5, 5.41) is 0. The van der Waals surface area contributed by atoms with Crippen LogP contribution in [-0.2, 0) is 9.78 Å². The Hall–Kier alpha value is -1.55. The Balaban J connectivity index is 2.46. The van der Waals surface area contributed by atoms with Crippen LogP contribution in [-0.4, -0.2) is 12.6 Å². The molecule has 0 fully saturated rings. The summed E-state index contributed by atoms with van der Waals surface area (Å²) in [6, 6.07) is 6.97. The predicted molar refractivity (Wildman–Crippen MR) is 81.7 cm³/mol. The summed E-state index contributed by atoms with van der Waals surface area (Å²) in [5.74, 6) is 0.271. The number of hydrogen-bond donors (Lipinski definition) is 0. The van der Waals surface area contributed by atoms with Crippen LogP contribution in [0.25, 0.3) is 0 Å². The van der Waals surface area contributed by atoms with Gasteiger partial charge in [-0.3, -0.25) is 4.89 Å². The van der Waals surface area contributed by atoms with Crippen LogP contribution >= 0.6 is 0 Å². The molecule has 4 nitrogen and oxygen atoms in total. The van der Waals surface area contributed by atoms with E-state index in [1.807, 2.05) is 13.0 Å². The topological polar surface area (TPSA) is 44.8 Å². The Morgan fingerprint density at radius 2 is 2.00 bits per heavy atom. The minimum absolute atomic E-state index is 0.305. The van der Waals surface area contributed by atoms with Crippen LogP contribution in [0.5, 0.6) is 5.75 Å². The summed E-state index contributed by atoms with van der Waals surface area (Å²) in [5.41, 5.74) is 0.370. The Morgan fingerprint density at radius 3 is 2.67 bits per heavy atom. The SMILES string of the molecule is CCCCC([CH]OOC(=O)c1ccccc1OCC)CC. The number of unbranched alkanes of at least 4 members (excludes halogenated alkanes) is 1. The number of para-hydroxylation sites is 1. The van der Waals surface area contributed by atoms with Crippen molar-refractivity contribution in [2.45, 2.75) is 46.5 Å². The van der Waals surface area contributed by atoms with Gasteiger partial charge in [0.1, 0.15) is 17.9 Å². The standard InChI is InChI=1S/C17H25O4/c1-4-7-10-14(5-2)13-20-21-17(18)15-11-8-9-12-16(15)19-6-3/h8-9,11-14H,4-7,10H2,1-3H3. The van der Waals surface area contributed by atoms with Crippen molar-refractivity contribution in [2.75, 3.05) is 6.61 Å². The summed E-state index contributed by atoms with van der Waals surface area (Å²) >= 11 is 0. The van der Waals surface area contributed by atoms with Crippen molar-refractivity contribution in [1.29, 1.82) is 0 Å². The van der Waals surface area contributed by atoms with Gasteiger partial charge in [0.2, 0.25) is 0 Å². The van der Waals surface area contributed by atoms with Crippen LogP contribution < -0.4 is 4.74 Å². The Morgan fingerprint density at radius 1 is 1.24 bits per heavy atom. The van der Waals surface area contributed by atoms with E-state index in [-0.39, 0.29) is 0 Å². The molecular weight excluding hydrogens is 268 g/mol. The van der Waals surface area contributed by atoms with Crippen molar-refractivity contribution in [1.82, 2.24) is 0 Å². The highest BCUT2D eigenvalue weighted by atomic mass is 17.2. The van der Waals surface area contributed by atoms with Gasteiger partial charge >= 0.3 is 5.97 Å². The fourth-order valence-corrected chi connectivity index (χ4v) is 1.95. The third-order valence-corrected chi connectivity index (χ3v) is 3.23. The first-order valence-electron chi connectivity index (χ1n) is 7.65. The van der Waals surface area contributed by atoms with Crippen LogP contribution in [0.4, 0.5) is 0 Å². The van der Waals surface area contributed by atoms with Gasteiger partial charge in [-0.05, 0) is 31.4 Å². The molecule has 1 rings (SSSR count). The van der Waals surface area contributed by atoms with Gasteiger partial charge in [0, 0.05) is 0 Å². The molecule has 0 aromatic heterocycles. The molecule has 0 bridgehead atoms. The zero-order valence-electron chi connectivity index (χ0n) is 13.1. The Kier molecular flexibility index (Phi) is 8.51. The fourth-order valence-electron chi connectivity index (χ4n) is 1.95. The number of ether oxygens (including phenoxy) is 1. The summed E-state index contributed by atoms with van der Waals surface area (Å²) < 4.78 is 5.39. The van der Waals surface area contributed by atoms with E-state index in [0.29, 0.717) is 23.8 Å². The van der Waals surface area contributed by atoms with Gasteiger partial charge in [-0.15, -0.1) is 0 Å². The fraction of sp³-hybridized carbons (Fsp3) is 0.529. The minimum Gasteiger partial charge on any atom is -0.493 e. The van der Waals surface area contributed by atoms with Gasteiger partial charge in [-0.2, -0.15) is 4.89 Å². The van der Waals surface area contributed by atoms with E-state index in [4.69, 9.17) is 14.5 Å². The number of carbonyl (C=O) groups is 1. The molecule has 4 heteroatoms. The molecular formula is C17H25O4. The average Bonchev–Trinajstić information content (AvgIpc) is 2.51. The van der Waals surface area contributed by atoms with Crippen molar-refractivity contribution in [3.63, 3.8) is 0 Å². The number of benzene rings is 1. The van der Waals surface area contributed by atoms with Crippen LogP contribution in [0.1, 0.15) is 56.8 Å². The maximum Gasteiger partial charge on any atom is 0.376 e. The quantitative estimate of drug-likeness (QED) is 0.469. The second kappa shape index (κ2) is 10.2. The maximum absolute atomic E-state index is 12.0. The van der Waals surface area contributed by atoms with Crippen LogP contribution in [0.3, 0.4) is 0 Å². The molecule has 0 heterocycles. The number of rotatable bonds is 10. The second-order valence-corrected chi connectivity index (χ2v) is 4.84. The van der Waals surface area contributed by atoms with Gasteiger partial charge < -0.3 is 4.74 Å². The van der Waals surface area contributed by atoms with E-state index in [1.165, 1.54) is 0 Å². The number of hydrogen-bond acceptors (Lipinski definition) is 4. The molecule has 0 aliphatic heterocycles. The third-order valence-electron chi connectivity index (χ3n) is 3.23. The average molecular weight is 293 g/mol. The Labute approximate surface area is 127 Å². The second-order valence-electron chi connectivity index (χ2n) is 4.84. The van der Waals surface area contributed by atoms with E-state index in [2.05, 4.69) is 13.8 Å². The largest absolute Gasteiger partial charge is 0.493 e. The lowest BCUT2D eigenvalue weighted by molar-refractivity contribution is -0.219. The van der Waals surface area contributed by atoms with Crippen molar-refractivity contribution in [3.8, 4) is 5.75 Å². The molecule has 0 aliphatic rings. The Bertz CT molecular complexity index is 417. The summed E-state index contributed by atoms with van der Waals surface area (Å²) in [6.45, 7) is 8.21. The molecule has 0 amide bonds. The van der Waals surface area contributed by atoms with Crippen LogP contribution in [0.15, 0.2) is 24.3 Å². The lowest BCUT2D eigenvalue weighted by Gasteiger charge is -2.13. The smallest absolute Gasteiger partial charge is 0.376 e. The molecule has 1 aromatic rings. The van der Waals surface area contributed by atoms with Gasteiger partial charge in [0.25, 0.3) is 0 Å². The van der Waals surface area contributed by atoms with Crippen molar-refractivity contribution in [2.24, 2.45) is 5.92 Å². The van der Waals surface area contributed by atoms with Gasteiger partial charge in [-0.1, -0.05) is 45.2 Å². The van der Waals surface area contributed by atoms with Gasteiger partial charge in [0.05, 0.1) is 6.61 Å². The van der Waals surface area contributed by atoms with Crippen LogP contribution in [0, 0.1) is 12.5 Å². The lowest BCUT2D eigenvalue weighted by atomic mass is 10.0. The van der Waals surface area contributed by atoms with Crippen LogP contribution in [0.2, 0.25) is 0 Å². The highest BCUT2D eigenvalue weighted by Crippen LogP contribution is 2.20. The van der Waals surface area contributed by atoms with Crippen molar-refractivity contribution in [3.05, 3.63) is 36.4 Å². The van der Waals surface area contributed by atoms with E-state index in [9.17, 15) is 4.79 Å². The summed E-state index contributed by atoms with van der Waals surface area (Å²) in [6.07, 6.45) is 4.29. The zero-order chi connectivity index (χ0) is 15.5. The van der Waals surface area contributed by atoms with E-state index < -0.39 is 5.97 Å². The molecule has 117 valence electrons. The van der Waals surface area contributed by atoms with Crippen molar-refractivity contribution >= 4 is 5.97 Å². The predicted octanol–water partition coefficient (Wildman–Crippen LogP) is 4.55. The first-order chi connectivity index (χ1) is 10.2. The lowest BCUT2D eigenvalue weighted by Crippen LogP contribution is -2.10. The molecule has 21 heavy (non-hydrogen) atoms. The molecule has 0 saturated carbocycles. The highest BCUT2D eigenvalue weighted by molar-refractivity contribution is 5.92. The molecule has 0 saturated heterocycles. The molecule has 1 aromatic carbocycles. The van der Waals surface area contributed by atoms with Gasteiger partial charge in [0.15, 0.2) is 0 Å². The third kappa shape index (κ3) is 6.17. The first kappa shape index (κ1) is 17.5. The maximum atomic E-state index is 12.0. The molecule has 0 aliphatic carbocycles. The summed E-state index contributed by atoms with van der Waals surface area (Å²) in [4.78, 5) is 21.8. The zero-order valence-corrected chi connectivity index (χ0v) is 13.1. The molecule has 1 radical (unpaired) electrons. The van der Waals surface area contributed by atoms with E-state index >= 15 is 0 Å². The molecule has 1 atom stereocenters. The van der Waals surface area contributed by atoms with Crippen molar-refractivity contribution < 1.29 is 19.3 Å². The highest BCUT2D eigenvalue weighted by Gasteiger charge is 2.16. The number of carbonyl (C=O) groups excluding carboxylic acids is 1. The minimum atomic E-state index is -0.541. The van der Waals surface area contributed by atoms with E-state index in [1.54, 1.807) is 24.8 Å². The molecule has 1 unspecified atom stereocenters. The molecule has 0 N–H and O–H groups in total. The van der Waals surface area contributed by atoms with Gasteiger partial charge in [-0.25, -0.2) is 4.79 Å². The van der Waals surface area contributed by atoms with E-state index in [0.717, 1.165) is 25.7 Å².